The van der Waals surface area contributed by atoms with Crippen LogP contribution >= 0.6 is 23.4 Å². The number of rotatable bonds is 7. The molecule has 1 aromatic heterocycles. The highest BCUT2D eigenvalue weighted by Crippen LogP contribution is 2.29. The number of nitrogens with zero attached hydrogens (tertiary/aromatic N) is 1. The molecule has 112 valence electrons. The van der Waals surface area contributed by atoms with Crippen molar-refractivity contribution in [2.45, 2.75) is 31.4 Å². The summed E-state index contributed by atoms with van der Waals surface area (Å²) in [6.07, 6.45) is 5.52. The molecular weight excluding hydrogens is 296 g/mol. The second-order valence-corrected chi connectivity index (χ2v) is 6.16. The number of pyridine rings is 1. The fourth-order valence-electron chi connectivity index (χ4n) is 1.87. The fourth-order valence-corrected chi connectivity index (χ4v) is 2.89. The minimum absolute atomic E-state index is 0.0750. The predicted octanol–water partition coefficient (Wildman–Crippen LogP) is 2.67. The van der Waals surface area contributed by atoms with Crippen molar-refractivity contribution in [3.05, 3.63) is 22.8 Å². The first-order chi connectivity index (χ1) is 9.51. The molecule has 0 spiro atoms. The highest BCUT2D eigenvalue weighted by atomic mass is 35.5. The fraction of sp³-hybridized carbons (Fsp3) is 0.538. The van der Waals surface area contributed by atoms with Gasteiger partial charge in [0.05, 0.1) is 10.6 Å². The Balaban J connectivity index is 2.74. The van der Waals surface area contributed by atoms with Gasteiger partial charge in [-0.05, 0) is 25.2 Å². The van der Waals surface area contributed by atoms with Gasteiger partial charge in [0.1, 0.15) is 0 Å². The molecule has 1 heterocycles. The van der Waals surface area contributed by atoms with Crippen LogP contribution in [-0.2, 0) is 0 Å². The third-order valence-electron chi connectivity index (χ3n) is 3.53. The number of carbonyl (C=O) groups excluding carboxylic acids is 1. The Labute approximate surface area is 129 Å². The number of anilines is 1. The van der Waals surface area contributed by atoms with Crippen molar-refractivity contribution in [3.8, 4) is 0 Å². The standard InChI is InChI=1S/C13H21ClN4OS/c1-4-13(5-2,20-3)8-17-12(19)9-6-10(14)11(18-15)16-7-9/h6-7H,4-5,8,15H2,1-3H3,(H,16,18)(H,17,19). The first-order valence-corrected chi connectivity index (χ1v) is 8.07. The molecule has 0 saturated heterocycles. The van der Waals surface area contributed by atoms with Gasteiger partial charge in [0.25, 0.3) is 5.91 Å². The van der Waals surface area contributed by atoms with Gasteiger partial charge < -0.3 is 10.7 Å². The number of amides is 1. The molecular formula is C13H21ClN4OS. The number of nitrogen functional groups attached to an aromatic ring is 1. The van der Waals surface area contributed by atoms with E-state index in [1.54, 1.807) is 17.8 Å². The van der Waals surface area contributed by atoms with Gasteiger partial charge >= 0.3 is 0 Å². The van der Waals surface area contributed by atoms with E-state index in [0.29, 0.717) is 22.9 Å². The van der Waals surface area contributed by atoms with Crippen molar-refractivity contribution in [3.63, 3.8) is 0 Å². The summed E-state index contributed by atoms with van der Waals surface area (Å²) >= 11 is 7.74. The maximum absolute atomic E-state index is 12.1. The summed E-state index contributed by atoms with van der Waals surface area (Å²) in [5.74, 6) is 5.42. The minimum Gasteiger partial charge on any atom is -0.351 e. The molecule has 0 fully saturated rings. The normalized spacial score (nSPS) is 11.2. The highest BCUT2D eigenvalue weighted by molar-refractivity contribution is 8.00. The Morgan fingerprint density at radius 2 is 2.15 bits per heavy atom. The molecule has 0 aromatic carbocycles. The largest absolute Gasteiger partial charge is 0.351 e. The molecule has 0 saturated carbocycles. The van der Waals surface area contributed by atoms with Gasteiger partial charge in [-0.1, -0.05) is 25.4 Å². The Bertz CT molecular complexity index is 457. The zero-order chi connectivity index (χ0) is 15.2. The van der Waals surface area contributed by atoms with E-state index in [2.05, 4.69) is 35.8 Å². The number of carbonyl (C=O) groups is 1. The van der Waals surface area contributed by atoms with E-state index < -0.39 is 0 Å². The quantitative estimate of drug-likeness (QED) is 0.532. The lowest BCUT2D eigenvalue weighted by molar-refractivity contribution is 0.0948. The van der Waals surface area contributed by atoms with Gasteiger partial charge in [0, 0.05) is 17.5 Å². The van der Waals surface area contributed by atoms with Gasteiger partial charge in [-0.3, -0.25) is 4.79 Å². The number of hydrazine groups is 1. The summed E-state index contributed by atoms with van der Waals surface area (Å²) in [7, 11) is 0. The Morgan fingerprint density at radius 3 is 2.60 bits per heavy atom. The smallest absolute Gasteiger partial charge is 0.252 e. The summed E-state index contributed by atoms with van der Waals surface area (Å²) in [6.45, 7) is 4.88. The summed E-state index contributed by atoms with van der Waals surface area (Å²) in [5.41, 5.74) is 2.79. The maximum atomic E-state index is 12.1. The van der Waals surface area contributed by atoms with Gasteiger partial charge in [-0.25, -0.2) is 10.8 Å². The van der Waals surface area contributed by atoms with Gasteiger partial charge in [0.2, 0.25) is 0 Å². The molecule has 0 radical (unpaired) electrons. The molecule has 0 bridgehead atoms. The van der Waals surface area contributed by atoms with Crippen molar-refractivity contribution in [2.75, 3.05) is 18.2 Å². The van der Waals surface area contributed by atoms with Gasteiger partial charge in [-0.2, -0.15) is 11.8 Å². The van der Waals surface area contributed by atoms with Crippen LogP contribution in [0.1, 0.15) is 37.0 Å². The molecule has 7 heteroatoms. The van der Waals surface area contributed by atoms with Crippen LogP contribution in [-0.4, -0.2) is 28.4 Å². The number of nitrogens with one attached hydrogen (secondary N) is 2. The van der Waals surface area contributed by atoms with E-state index in [-0.39, 0.29) is 10.7 Å². The summed E-state index contributed by atoms with van der Waals surface area (Å²) < 4.78 is 0.0750. The third-order valence-corrected chi connectivity index (χ3v) is 5.41. The minimum atomic E-state index is -0.178. The summed E-state index contributed by atoms with van der Waals surface area (Å²) in [4.78, 5) is 16.1. The number of halogens is 1. The average molecular weight is 317 g/mol. The monoisotopic (exact) mass is 316 g/mol. The van der Waals surface area contributed by atoms with Crippen molar-refractivity contribution >= 4 is 35.1 Å². The van der Waals surface area contributed by atoms with Crippen LogP contribution in [0.25, 0.3) is 0 Å². The van der Waals surface area contributed by atoms with E-state index in [1.165, 1.54) is 6.20 Å². The zero-order valence-electron chi connectivity index (χ0n) is 12.0. The van der Waals surface area contributed by atoms with E-state index in [0.717, 1.165) is 12.8 Å². The topological polar surface area (TPSA) is 80.0 Å². The van der Waals surface area contributed by atoms with Crippen molar-refractivity contribution in [1.82, 2.24) is 10.3 Å². The molecule has 0 aliphatic heterocycles. The predicted molar refractivity (Wildman–Crippen MR) is 86.2 cm³/mol. The molecule has 1 amide bonds. The number of thioether (sulfide) groups is 1. The van der Waals surface area contributed by atoms with Crippen LogP contribution in [0.3, 0.4) is 0 Å². The third kappa shape index (κ3) is 4.01. The van der Waals surface area contributed by atoms with Crippen LogP contribution in [0.15, 0.2) is 12.3 Å². The molecule has 0 atom stereocenters. The lowest BCUT2D eigenvalue weighted by Gasteiger charge is -2.29. The average Bonchev–Trinajstić information content (AvgIpc) is 2.49. The number of hydrogen-bond acceptors (Lipinski definition) is 5. The van der Waals surface area contributed by atoms with Crippen LogP contribution < -0.4 is 16.6 Å². The maximum Gasteiger partial charge on any atom is 0.252 e. The molecule has 1 aromatic rings. The molecule has 1 rings (SSSR count). The van der Waals surface area contributed by atoms with Crippen molar-refractivity contribution in [1.29, 1.82) is 0 Å². The SMILES string of the molecule is CCC(CC)(CNC(=O)c1cnc(NN)c(Cl)c1)SC. The van der Waals surface area contributed by atoms with E-state index in [4.69, 9.17) is 17.4 Å². The lowest BCUT2D eigenvalue weighted by Crippen LogP contribution is -2.39. The number of aromatic nitrogens is 1. The lowest BCUT2D eigenvalue weighted by atomic mass is 10.0. The van der Waals surface area contributed by atoms with Crippen molar-refractivity contribution < 1.29 is 4.79 Å². The number of hydrogen-bond donors (Lipinski definition) is 3. The molecule has 20 heavy (non-hydrogen) atoms. The van der Waals surface area contributed by atoms with E-state index in [9.17, 15) is 4.79 Å². The first-order valence-electron chi connectivity index (χ1n) is 6.47. The summed E-state index contributed by atoms with van der Waals surface area (Å²) in [6, 6.07) is 1.55. The zero-order valence-corrected chi connectivity index (χ0v) is 13.6. The highest BCUT2D eigenvalue weighted by Gasteiger charge is 2.25. The van der Waals surface area contributed by atoms with Crippen molar-refractivity contribution in [2.24, 2.45) is 5.84 Å². The first kappa shape index (κ1) is 17.1. The van der Waals surface area contributed by atoms with E-state index in [1.807, 2.05) is 0 Å². The van der Waals surface area contributed by atoms with Crippen LogP contribution in [0.5, 0.6) is 0 Å². The van der Waals surface area contributed by atoms with Crippen LogP contribution in [0, 0.1) is 0 Å². The van der Waals surface area contributed by atoms with E-state index >= 15 is 0 Å². The number of nitrogens with two attached hydrogens (primary N) is 1. The van der Waals surface area contributed by atoms with Crippen LogP contribution in [0.2, 0.25) is 5.02 Å². The molecule has 4 N–H and O–H groups in total. The second kappa shape index (κ2) is 7.71. The Morgan fingerprint density at radius 1 is 1.50 bits per heavy atom. The molecule has 0 aliphatic carbocycles. The van der Waals surface area contributed by atoms with Gasteiger partial charge in [-0.15, -0.1) is 0 Å². The molecule has 0 unspecified atom stereocenters. The Hall–Kier alpha value is -0.980. The summed E-state index contributed by atoms with van der Waals surface area (Å²) in [5, 5.41) is 3.27. The molecule has 0 aliphatic rings. The second-order valence-electron chi connectivity index (χ2n) is 4.48. The Kier molecular flexibility index (Phi) is 6.58. The van der Waals surface area contributed by atoms with Gasteiger partial charge in [0.15, 0.2) is 5.82 Å². The molecule has 5 nitrogen and oxygen atoms in total. The van der Waals surface area contributed by atoms with Crippen LogP contribution in [0.4, 0.5) is 5.82 Å².